The summed E-state index contributed by atoms with van der Waals surface area (Å²) in [6.45, 7) is 5.61. The van der Waals surface area contributed by atoms with Crippen LogP contribution in [0, 0.1) is 0 Å². The van der Waals surface area contributed by atoms with Crippen molar-refractivity contribution in [2.75, 3.05) is 42.9 Å². The van der Waals surface area contributed by atoms with Gasteiger partial charge in [-0.25, -0.2) is 13.9 Å². The van der Waals surface area contributed by atoms with Gasteiger partial charge in [-0.05, 0) is 63.4 Å². The van der Waals surface area contributed by atoms with Gasteiger partial charge >= 0.3 is 0 Å². The van der Waals surface area contributed by atoms with Crippen molar-refractivity contribution in [3.8, 4) is 5.88 Å². The fourth-order valence-electron chi connectivity index (χ4n) is 8.04. The SMILES string of the molecule is CC(C)Oc1nc2nn(C3CCN(CC4(F)CN(c5ccc6c(c5)C(=O)N(C5CCC(=O)NC5=O)C6=O)C4)CC3)cc2cc1NC(=O)c1cnn2cccnc12. The van der Waals surface area contributed by atoms with Gasteiger partial charge in [0.05, 0.1) is 42.6 Å². The number of fused-ring (bicyclic) bond motifs is 3. The summed E-state index contributed by atoms with van der Waals surface area (Å²) in [5.41, 5.74) is 1.15. The maximum atomic E-state index is 16.0. The molecule has 17 nitrogen and oxygen atoms in total. The van der Waals surface area contributed by atoms with Crippen molar-refractivity contribution >= 4 is 57.6 Å². The summed E-state index contributed by atoms with van der Waals surface area (Å²) in [6, 6.07) is 7.38. The number of piperidine rings is 2. The fourth-order valence-corrected chi connectivity index (χ4v) is 8.04. The monoisotopic (exact) mass is 763 g/mol. The lowest BCUT2D eigenvalue weighted by molar-refractivity contribution is -0.136. The quantitative estimate of drug-likeness (QED) is 0.209. The number of amides is 5. The predicted molar refractivity (Wildman–Crippen MR) is 198 cm³/mol. The van der Waals surface area contributed by atoms with E-state index in [0.717, 1.165) is 23.1 Å². The number of anilines is 2. The van der Waals surface area contributed by atoms with E-state index in [9.17, 15) is 24.0 Å². The lowest BCUT2D eigenvalue weighted by atomic mass is 9.92. The Balaban J connectivity index is 0.822. The van der Waals surface area contributed by atoms with Crippen LogP contribution in [0.1, 0.15) is 76.6 Å². The number of ether oxygens (including phenoxy) is 1. The number of rotatable bonds is 9. The average Bonchev–Trinajstić information content (AvgIpc) is 3.85. The number of benzene rings is 1. The molecule has 1 aromatic carbocycles. The van der Waals surface area contributed by atoms with Crippen LogP contribution in [0.15, 0.2) is 55.1 Å². The van der Waals surface area contributed by atoms with Crippen molar-refractivity contribution in [2.24, 2.45) is 0 Å². The van der Waals surface area contributed by atoms with Crippen LogP contribution in [0.4, 0.5) is 15.8 Å². The molecule has 5 amide bonds. The molecule has 0 radical (unpaired) electrons. The Hall–Kier alpha value is -6.30. The molecule has 0 spiro atoms. The first-order valence-corrected chi connectivity index (χ1v) is 18.6. The lowest BCUT2D eigenvalue weighted by Gasteiger charge is -2.48. The van der Waals surface area contributed by atoms with Gasteiger partial charge in [0.25, 0.3) is 17.7 Å². The minimum Gasteiger partial charge on any atom is -0.473 e. The van der Waals surface area contributed by atoms with Crippen molar-refractivity contribution in [1.29, 1.82) is 0 Å². The van der Waals surface area contributed by atoms with Gasteiger partial charge in [0.15, 0.2) is 17.0 Å². The first-order valence-electron chi connectivity index (χ1n) is 18.6. The van der Waals surface area contributed by atoms with Gasteiger partial charge in [-0.2, -0.15) is 15.2 Å². The van der Waals surface area contributed by atoms with Crippen LogP contribution in [0.3, 0.4) is 0 Å². The second-order valence-electron chi connectivity index (χ2n) is 15.1. The van der Waals surface area contributed by atoms with E-state index in [4.69, 9.17) is 9.84 Å². The Morgan fingerprint density at radius 3 is 2.62 bits per heavy atom. The fraction of sp³-hybridized carbons (Fsp3) is 0.395. The van der Waals surface area contributed by atoms with Gasteiger partial charge in [0, 0.05) is 55.7 Å². The molecule has 2 N–H and O–H groups in total. The van der Waals surface area contributed by atoms with Crippen LogP contribution in [-0.2, 0) is 9.59 Å². The van der Waals surface area contributed by atoms with E-state index in [-0.39, 0.29) is 61.6 Å². The largest absolute Gasteiger partial charge is 0.473 e. The number of aromatic nitrogens is 6. The highest BCUT2D eigenvalue weighted by atomic mass is 19.1. The third kappa shape index (κ3) is 6.28. The molecule has 5 aromatic rings. The highest BCUT2D eigenvalue weighted by molar-refractivity contribution is 6.23. The molecule has 4 aromatic heterocycles. The van der Waals surface area contributed by atoms with E-state index in [1.807, 2.05) is 29.6 Å². The number of alkyl halides is 1. The summed E-state index contributed by atoms with van der Waals surface area (Å²) < 4.78 is 25.4. The molecule has 18 heteroatoms. The van der Waals surface area contributed by atoms with Crippen molar-refractivity contribution in [2.45, 2.75) is 63.4 Å². The minimum atomic E-state index is -1.46. The highest BCUT2D eigenvalue weighted by Crippen LogP contribution is 2.37. The summed E-state index contributed by atoms with van der Waals surface area (Å²) in [5.74, 6) is -2.41. The van der Waals surface area contributed by atoms with Crippen LogP contribution in [-0.4, -0.2) is 119 Å². The number of imide groups is 2. The molecule has 0 bridgehead atoms. The number of carbonyl (C=O) groups excluding carboxylic acids is 5. The number of nitrogens with zero attached hydrogens (tertiary/aromatic N) is 9. The van der Waals surface area contributed by atoms with E-state index >= 15 is 4.39 Å². The van der Waals surface area contributed by atoms with E-state index in [0.29, 0.717) is 41.3 Å². The zero-order chi connectivity index (χ0) is 38.9. The zero-order valence-electron chi connectivity index (χ0n) is 30.6. The molecular formula is C38H38FN11O6. The van der Waals surface area contributed by atoms with Crippen molar-refractivity contribution in [3.63, 3.8) is 0 Å². The number of nitrogens with one attached hydrogen (secondary N) is 2. The van der Waals surface area contributed by atoms with Crippen LogP contribution >= 0.6 is 0 Å². The molecule has 4 aliphatic heterocycles. The van der Waals surface area contributed by atoms with E-state index < -0.39 is 41.2 Å². The van der Waals surface area contributed by atoms with E-state index in [2.05, 4.69) is 30.6 Å². The van der Waals surface area contributed by atoms with E-state index in [1.54, 1.807) is 42.7 Å². The summed E-state index contributed by atoms with van der Waals surface area (Å²) in [7, 11) is 0. The standard InChI is InChI=1S/C38H38FN11O6/c1-21(2)56-35-28(42-33(52)27-16-41-48-11-3-10-40-32(27)48)14-22-17-49(45-31(22)44-35)23-8-12-46(13-9-23)18-38(39)19-47(20-38)24-4-5-25-26(15-24)37(55)50(36(25)54)29-6-7-30(51)43-34(29)53/h3-5,10-11,14-17,21,23,29H,6-9,12-13,18-20H2,1-2H3,(H,42,52)(H,43,51,53). The Labute approximate surface area is 318 Å². The van der Waals surface area contributed by atoms with Crippen LogP contribution in [0.5, 0.6) is 5.88 Å². The van der Waals surface area contributed by atoms with Gasteiger partial charge in [0.1, 0.15) is 17.3 Å². The van der Waals surface area contributed by atoms with Crippen molar-refractivity contribution in [1.82, 2.24) is 44.5 Å². The molecule has 4 aliphatic rings. The molecule has 288 valence electrons. The lowest BCUT2D eigenvalue weighted by Crippen LogP contribution is -2.64. The summed E-state index contributed by atoms with van der Waals surface area (Å²) in [4.78, 5) is 77.5. The summed E-state index contributed by atoms with van der Waals surface area (Å²) in [6.07, 6.45) is 8.10. The molecular weight excluding hydrogens is 725 g/mol. The number of likely N-dealkylation sites (tertiary alicyclic amines) is 1. The number of halogens is 1. The smallest absolute Gasteiger partial charge is 0.262 e. The van der Waals surface area contributed by atoms with Gasteiger partial charge in [-0.3, -0.25) is 43.8 Å². The summed E-state index contributed by atoms with van der Waals surface area (Å²) in [5, 5.41) is 14.8. The Kier molecular flexibility index (Phi) is 8.52. The number of pyridine rings is 1. The first-order chi connectivity index (χ1) is 26.9. The molecule has 0 aliphatic carbocycles. The van der Waals surface area contributed by atoms with Gasteiger partial charge in [-0.1, -0.05) is 0 Å². The normalized spacial score (nSPS) is 20.2. The molecule has 9 rings (SSSR count). The van der Waals surface area contributed by atoms with Crippen molar-refractivity contribution in [3.05, 3.63) is 71.8 Å². The van der Waals surface area contributed by atoms with Crippen molar-refractivity contribution < 1.29 is 33.1 Å². The summed E-state index contributed by atoms with van der Waals surface area (Å²) >= 11 is 0. The Bertz CT molecular complexity index is 2450. The molecule has 56 heavy (non-hydrogen) atoms. The highest BCUT2D eigenvalue weighted by Gasteiger charge is 2.48. The second-order valence-corrected chi connectivity index (χ2v) is 15.1. The maximum Gasteiger partial charge on any atom is 0.262 e. The molecule has 3 saturated heterocycles. The van der Waals surface area contributed by atoms with Gasteiger partial charge < -0.3 is 15.0 Å². The van der Waals surface area contributed by atoms with E-state index in [1.165, 1.54) is 10.7 Å². The number of hydrogen-bond donors (Lipinski definition) is 2. The topological polar surface area (TPSA) is 189 Å². The third-order valence-corrected chi connectivity index (χ3v) is 10.8. The minimum absolute atomic E-state index is 0.0418. The van der Waals surface area contributed by atoms with Crippen LogP contribution in [0.2, 0.25) is 0 Å². The third-order valence-electron chi connectivity index (χ3n) is 10.8. The Morgan fingerprint density at radius 1 is 1.07 bits per heavy atom. The van der Waals surface area contributed by atoms with Crippen LogP contribution < -0.4 is 20.3 Å². The molecule has 8 heterocycles. The first kappa shape index (κ1) is 35.4. The zero-order valence-corrected chi connectivity index (χ0v) is 30.6. The number of carbonyl (C=O) groups is 5. The molecule has 3 fully saturated rings. The predicted octanol–water partition coefficient (Wildman–Crippen LogP) is 2.78. The molecule has 1 unspecified atom stereocenters. The molecule has 0 saturated carbocycles. The molecule has 1 atom stereocenters. The van der Waals surface area contributed by atoms with Gasteiger partial charge in [0.2, 0.25) is 17.7 Å². The average molecular weight is 764 g/mol. The number of hydrogen-bond acceptors (Lipinski definition) is 12. The van der Waals surface area contributed by atoms with Gasteiger partial charge in [-0.15, -0.1) is 0 Å². The van der Waals surface area contributed by atoms with Crippen LogP contribution in [0.25, 0.3) is 16.7 Å². The second kappa shape index (κ2) is 13.5. The maximum absolute atomic E-state index is 16.0. The Morgan fingerprint density at radius 2 is 1.86 bits per heavy atom.